The molecule has 46 heavy (non-hydrogen) atoms. The van der Waals surface area contributed by atoms with Crippen LogP contribution in [0.5, 0.6) is 0 Å². The van der Waals surface area contributed by atoms with Gasteiger partial charge in [0.25, 0.3) is 5.56 Å². The lowest BCUT2D eigenvalue weighted by Crippen LogP contribution is -2.51. The van der Waals surface area contributed by atoms with Crippen LogP contribution in [0.2, 0.25) is 0 Å². The third-order valence-corrected chi connectivity index (χ3v) is 8.05. The van der Waals surface area contributed by atoms with E-state index in [1.165, 1.54) is 6.92 Å². The van der Waals surface area contributed by atoms with E-state index in [4.69, 9.17) is 10.2 Å². The standard InChI is InChI=1S/C31H30F7N5O3/c1-19-27(41-12-10-40(11-13-41)15-22-14-21(18-46-22)30(33,34)35)28(44)43(17-26(39)20-6-3-2-4-7-20)29(45)42(19)16-23-24(31(36,37)38)8-5-9-25(23)32/h2-9,14,18,26H,10-13,15-17,39H2,1H3/t26-/m0/s1. The minimum atomic E-state index is -4.91. The topological polar surface area (TPSA) is 89.6 Å². The molecule has 1 aliphatic rings. The maximum atomic E-state index is 14.9. The molecule has 246 valence electrons. The van der Waals surface area contributed by atoms with Crippen LogP contribution in [0, 0.1) is 12.7 Å². The quantitative estimate of drug-likeness (QED) is 0.265. The molecular formula is C31H30F7N5O3. The molecule has 0 amide bonds. The Morgan fingerprint density at radius 3 is 2.15 bits per heavy atom. The second-order valence-corrected chi connectivity index (χ2v) is 11.1. The van der Waals surface area contributed by atoms with Crippen LogP contribution in [0.15, 0.2) is 74.9 Å². The number of furan rings is 1. The molecule has 2 aromatic carbocycles. The van der Waals surface area contributed by atoms with Crippen molar-refractivity contribution in [3.05, 3.63) is 121 Å². The first-order valence-corrected chi connectivity index (χ1v) is 14.3. The SMILES string of the molecule is Cc1c(N2CCN(Cc3cc(C(F)(F)F)co3)CC2)c(=O)n(C[C@H](N)c2ccccc2)c(=O)n1Cc1c(F)cccc1C(F)(F)F. The van der Waals surface area contributed by atoms with Crippen molar-refractivity contribution >= 4 is 5.69 Å². The summed E-state index contributed by atoms with van der Waals surface area (Å²) in [4.78, 5) is 31.1. The molecule has 0 bridgehead atoms. The van der Waals surface area contributed by atoms with E-state index < -0.39 is 58.7 Å². The van der Waals surface area contributed by atoms with Crippen molar-refractivity contribution in [2.45, 2.75) is 45.0 Å². The second kappa shape index (κ2) is 12.8. The fraction of sp³-hybridized carbons (Fsp3) is 0.355. The van der Waals surface area contributed by atoms with Crippen LogP contribution in [-0.4, -0.2) is 40.2 Å². The minimum Gasteiger partial charge on any atom is -0.467 e. The molecular weight excluding hydrogens is 623 g/mol. The van der Waals surface area contributed by atoms with Gasteiger partial charge in [-0.1, -0.05) is 36.4 Å². The fourth-order valence-electron chi connectivity index (χ4n) is 5.61. The molecule has 0 aliphatic carbocycles. The van der Waals surface area contributed by atoms with Gasteiger partial charge in [-0.25, -0.2) is 9.18 Å². The molecule has 0 radical (unpaired) electrons. The summed E-state index contributed by atoms with van der Waals surface area (Å²) >= 11 is 0. The number of rotatable bonds is 8. The number of nitrogens with two attached hydrogens (primary N) is 1. The summed E-state index contributed by atoms with van der Waals surface area (Å²) in [5, 5.41) is 0. The zero-order valence-corrected chi connectivity index (χ0v) is 24.5. The van der Waals surface area contributed by atoms with E-state index in [0.29, 0.717) is 11.8 Å². The van der Waals surface area contributed by atoms with Crippen LogP contribution in [0.3, 0.4) is 0 Å². The Hall–Kier alpha value is -4.37. The number of alkyl halides is 6. The molecule has 1 saturated heterocycles. The Balaban J connectivity index is 1.50. The molecule has 3 heterocycles. The molecule has 15 heteroatoms. The summed E-state index contributed by atoms with van der Waals surface area (Å²) in [6.45, 7) is 1.33. The van der Waals surface area contributed by atoms with Gasteiger partial charge in [0.1, 0.15) is 23.5 Å². The van der Waals surface area contributed by atoms with Crippen molar-refractivity contribution in [3.8, 4) is 0 Å². The smallest absolute Gasteiger partial charge is 0.419 e. The number of hydrogen-bond acceptors (Lipinski definition) is 6. The second-order valence-electron chi connectivity index (χ2n) is 11.1. The van der Waals surface area contributed by atoms with Crippen LogP contribution < -0.4 is 21.9 Å². The molecule has 5 rings (SSSR count). The van der Waals surface area contributed by atoms with Gasteiger partial charge >= 0.3 is 18.0 Å². The monoisotopic (exact) mass is 653 g/mol. The third kappa shape index (κ3) is 6.89. The van der Waals surface area contributed by atoms with Gasteiger partial charge in [0, 0.05) is 43.5 Å². The molecule has 2 aromatic heterocycles. The Morgan fingerprint density at radius 2 is 1.54 bits per heavy atom. The molecule has 0 spiro atoms. The lowest BCUT2D eigenvalue weighted by atomic mass is 10.1. The fourth-order valence-corrected chi connectivity index (χ4v) is 5.61. The van der Waals surface area contributed by atoms with Crippen LogP contribution in [0.1, 0.15) is 39.7 Å². The van der Waals surface area contributed by atoms with Gasteiger partial charge in [0.2, 0.25) is 0 Å². The van der Waals surface area contributed by atoms with Gasteiger partial charge in [-0.2, -0.15) is 26.3 Å². The molecule has 1 aliphatic heterocycles. The number of anilines is 1. The van der Waals surface area contributed by atoms with E-state index >= 15 is 0 Å². The lowest BCUT2D eigenvalue weighted by molar-refractivity contribution is -0.139. The van der Waals surface area contributed by atoms with E-state index in [9.17, 15) is 40.3 Å². The highest BCUT2D eigenvalue weighted by molar-refractivity contribution is 5.50. The van der Waals surface area contributed by atoms with Gasteiger partial charge in [-0.3, -0.25) is 18.8 Å². The zero-order valence-electron chi connectivity index (χ0n) is 24.5. The van der Waals surface area contributed by atoms with Crippen molar-refractivity contribution in [2.75, 3.05) is 31.1 Å². The number of halogens is 7. The molecule has 0 unspecified atom stereocenters. The van der Waals surface area contributed by atoms with Crippen molar-refractivity contribution in [3.63, 3.8) is 0 Å². The highest BCUT2D eigenvalue weighted by Gasteiger charge is 2.36. The normalized spacial score (nSPS) is 15.4. The van der Waals surface area contributed by atoms with E-state index in [-0.39, 0.29) is 56.4 Å². The van der Waals surface area contributed by atoms with E-state index in [1.807, 2.05) is 4.90 Å². The molecule has 4 aromatic rings. The largest absolute Gasteiger partial charge is 0.467 e. The van der Waals surface area contributed by atoms with Crippen LogP contribution in [-0.2, 0) is 32.0 Å². The minimum absolute atomic E-state index is 0.0294. The van der Waals surface area contributed by atoms with Crippen molar-refractivity contribution in [1.82, 2.24) is 14.0 Å². The first kappa shape index (κ1) is 33.0. The number of piperazine rings is 1. The predicted octanol–water partition coefficient (Wildman–Crippen LogP) is 5.16. The third-order valence-electron chi connectivity index (χ3n) is 8.05. The van der Waals surface area contributed by atoms with Gasteiger partial charge in [0.05, 0.1) is 30.8 Å². The average Bonchev–Trinajstić information content (AvgIpc) is 3.48. The highest BCUT2D eigenvalue weighted by Crippen LogP contribution is 2.34. The van der Waals surface area contributed by atoms with Crippen LogP contribution in [0.25, 0.3) is 0 Å². The summed E-state index contributed by atoms with van der Waals surface area (Å²) in [5.41, 5.74) is 2.43. The summed E-state index contributed by atoms with van der Waals surface area (Å²) in [6.07, 6.45) is -8.82. The van der Waals surface area contributed by atoms with Crippen molar-refractivity contribution in [1.29, 1.82) is 0 Å². The Bertz CT molecular complexity index is 1800. The number of nitrogens with zero attached hydrogens (tertiary/aromatic N) is 4. The number of aromatic nitrogens is 2. The van der Waals surface area contributed by atoms with Crippen LogP contribution >= 0.6 is 0 Å². The summed E-state index contributed by atoms with van der Waals surface area (Å²) in [6, 6.07) is 11.2. The first-order chi connectivity index (χ1) is 21.6. The predicted molar refractivity (Wildman–Crippen MR) is 155 cm³/mol. The highest BCUT2D eigenvalue weighted by atomic mass is 19.4. The molecule has 8 nitrogen and oxygen atoms in total. The molecule has 1 fully saturated rings. The van der Waals surface area contributed by atoms with Gasteiger partial charge < -0.3 is 15.1 Å². The van der Waals surface area contributed by atoms with Crippen molar-refractivity contribution in [2.24, 2.45) is 5.73 Å². The molecule has 0 saturated carbocycles. The Morgan fingerprint density at radius 1 is 0.870 bits per heavy atom. The summed E-state index contributed by atoms with van der Waals surface area (Å²) in [5.74, 6) is -1.06. The number of hydrogen-bond donors (Lipinski definition) is 1. The maximum Gasteiger partial charge on any atom is 0.419 e. The van der Waals surface area contributed by atoms with Crippen LogP contribution in [0.4, 0.5) is 36.4 Å². The van der Waals surface area contributed by atoms with E-state index in [2.05, 4.69) is 0 Å². The average molecular weight is 654 g/mol. The first-order valence-electron chi connectivity index (χ1n) is 14.3. The van der Waals surface area contributed by atoms with Gasteiger partial charge in [-0.15, -0.1) is 0 Å². The van der Waals surface area contributed by atoms with Crippen molar-refractivity contribution < 1.29 is 35.2 Å². The maximum absolute atomic E-state index is 14.9. The van der Waals surface area contributed by atoms with Gasteiger partial charge in [0.15, 0.2) is 0 Å². The molecule has 1 atom stereocenters. The Labute approximate surface area is 258 Å². The molecule has 2 N–H and O–H groups in total. The lowest BCUT2D eigenvalue weighted by Gasteiger charge is -2.36. The summed E-state index contributed by atoms with van der Waals surface area (Å²) in [7, 11) is 0. The number of benzene rings is 2. The van der Waals surface area contributed by atoms with E-state index in [0.717, 1.165) is 33.4 Å². The van der Waals surface area contributed by atoms with E-state index in [1.54, 1.807) is 35.2 Å². The zero-order chi connectivity index (χ0) is 33.4. The Kier molecular flexibility index (Phi) is 9.18. The summed E-state index contributed by atoms with van der Waals surface area (Å²) < 4.78 is 102. The van der Waals surface area contributed by atoms with Gasteiger partial charge in [-0.05, 0) is 30.7 Å².